The standard InChI is InChI=1S/C12H17BN2O/c1-9(2)4-5-10-8-15(13)12(16)11(10)6-7-14-3/h4-7,9,14H,8H2,1-3H3/b5-4+,7-6-. The average Bonchev–Trinajstić information content (AvgIpc) is 2.50. The predicted molar refractivity (Wildman–Crippen MR) is 66.7 cm³/mol. The Morgan fingerprint density at radius 2 is 2.12 bits per heavy atom. The molecule has 0 bridgehead atoms. The topological polar surface area (TPSA) is 32.3 Å². The van der Waals surface area contributed by atoms with Crippen molar-refractivity contribution in [1.82, 2.24) is 10.1 Å². The van der Waals surface area contributed by atoms with Gasteiger partial charge in [0.1, 0.15) is 0 Å². The molecule has 1 aliphatic rings. The summed E-state index contributed by atoms with van der Waals surface area (Å²) in [5, 5.41) is 2.87. The van der Waals surface area contributed by atoms with Crippen LogP contribution in [0.15, 0.2) is 35.6 Å². The molecule has 1 amide bonds. The zero-order chi connectivity index (χ0) is 12.1. The third kappa shape index (κ3) is 3.02. The molecule has 0 spiro atoms. The van der Waals surface area contributed by atoms with Crippen LogP contribution >= 0.6 is 0 Å². The van der Waals surface area contributed by atoms with Crippen LogP contribution in [-0.4, -0.2) is 32.3 Å². The smallest absolute Gasteiger partial charge is 0.241 e. The molecule has 1 rings (SSSR count). The van der Waals surface area contributed by atoms with Crippen molar-refractivity contribution >= 4 is 13.9 Å². The molecular formula is C12H17BN2O. The minimum Gasteiger partial charge on any atom is -0.394 e. The maximum atomic E-state index is 11.7. The number of hydrogen-bond donors (Lipinski definition) is 1. The van der Waals surface area contributed by atoms with Crippen LogP contribution in [-0.2, 0) is 4.79 Å². The summed E-state index contributed by atoms with van der Waals surface area (Å²) in [4.78, 5) is 12.9. The highest BCUT2D eigenvalue weighted by atomic mass is 16.2. The first-order chi connectivity index (χ1) is 7.56. The summed E-state index contributed by atoms with van der Waals surface area (Å²) < 4.78 is 0. The molecule has 0 atom stereocenters. The lowest BCUT2D eigenvalue weighted by Gasteiger charge is -2.07. The summed E-state index contributed by atoms with van der Waals surface area (Å²) >= 11 is 0. The van der Waals surface area contributed by atoms with E-state index in [0.717, 1.165) is 5.57 Å². The first-order valence-corrected chi connectivity index (χ1v) is 5.38. The van der Waals surface area contributed by atoms with E-state index in [1.165, 1.54) is 4.81 Å². The largest absolute Gasteiger partial charge is 0.394 e. The number of carbonyl (C=O) groups is 1. The Balaban J connectivity index is 2.94. The Kier molecular flexibility index (Phi) is 4.41. The van der Waals surface area contributed by atoms with Crippen LogP contribution in [0.5, 0.6) is 0 Å². The number of nitrogens with zero attached hydrogens (tertiary/aromatic N) is 1. The monoisotopic (exact) mass is 216 g/mol. The van der Waals surface area contributed by atoms with Crippen molar-refractivity contribution in [2.45, 2.75) is 13.8 Å². The SMILES string of the molecule is [B]N1CC(/C=C/C(C)C)=C(/C=C\NC)C1=O. The highest BCUT2D eigenvalue weighted by molar-refractivity contribution is 6.20. The van der Waals surface area contributed by atoms with Crippen LogP contribution < -0.4 is 5.32 Å². The van der Waals surface area contributed by atoms with Gasteiger partial charge in [-0.1, -0.05) is 26.0 Å². The van der Waals surface area contributed by atoms with E-state index < -0.39 is 0 Å². The molecule has 16 heavy (non-hydrogen) atoms. The number of hydrogen-bond acceptors (Lipinski definition) is 2. The minimum absolute atomic E-state index is 0.130. The van der Waals surface area contributed by atoms with E-state index in [1.54, 1.807) is 19.3 Å². The van der Waals surface area contributed by atoms with Crippen LogP contribution in [0.4, 0.5) is 0 Å². The first kappa shape index (κ1) is 12.6. The van der Waals surface area contributed by atoms with E-state index in [1.807, 2.05) is 6.08 Å². The third-order valence-corrected chi connectivity index (χ3v) is 2.28. The quantitative estimate of drug-likeness (QED) is 0.715. The first-order valence-electron chi connectivity index (χ1n) is 5.38. The van der Waals surface area contributed by atoms with Crippen LogP contribution in [0, 0.1) is 5.92 Å². The van der Waals surface area contributed by atoms with Gasteiger partial charge in [0.15, 0.2) is 0 Å². The van der Waals surface area contributed by atoms with Gasteiger partial charge in [-0.25, -0.2) is 0 Å². The van der Waals surface area contributed by atoms with Gasteiger partial charge in [0.25, 0.3) is 0 Å². The molecule has 0 saturated carbocycles. The molecule has 0 aromatic carbocycles. The van der Waals surface area contributed by atoms with Gasteiger partial charge in [-0.2, -0.15) is 0 Å². The van der Waals surface area contributed by atoms with Crippen molar-refractivity contribution in [3.05, 3.63) is 35.6 Å². The summed E-state index contributed by atoms with van der Waals surface area (Å²) in [6.45, 7) is 4.67. The number of nitrogens with one attached hydrogen (secondary N) is 1. The molecule has 4 heteroatoms. The molecule has 1 aliphatic heterocycles. The summed E-state index contributed by atoms with van der Waals surface area (Å²) in [5.74, 6) is 0.332. The number of rotatable bonds is 4. The fraction of sp³-hybridized carbons (Fsp3) is 0.417. The van der Waals surface area contributed by atoms with Gasteiger partial charge in [-0.15, -0.1) is 0 Å². The van der Waals surface area contributed by atoms with Crippen molar-refractivity contribution in [3.8, 4) is 0 Å². The zero-order valence-corrected chi connectivity index (χ0v) is 10.0. The van der Waals surface area contributed by atoms with Crippen LogP contribution in [0.2, 0.25) is 0 Å². The fourth-order valence-corrected chi connectivity index (χ4v) is 1.43. The molecule has 3 nitrogen and oxygen atoms in total. The number of amides is 1. The van der Waals surface area contributed by atoms with E-state index in [9.17, 15) is 4.79 Å². The average molecular weight is 216 g/mol. The molecule has 0 aromatic heterocycles. The van der Waals surface area contributed by atoms with E-state index in [0.29, 0.717) is 18.0 Å². The van der Waals surface area contributed by atoms with Crippen molar-refractivity contribution in [3.63, 3.8) is 0 Å². The van der Waals surface area contributed by atoms with Gasteiger partial charge in [-0.3, -0.25) is 4.79 Å². The number of carbonyl (C=O) groups excluding carboxylic acids is 1. The van der Waals surface area contributed by atoms with Crippen molar-refractivity contribution in [1.29, 1.82) is 0 Å². The second-order valence-electron chi connectivity index (χ2n) is 4.10. The van der Waals surface area contributed by atoms with Crippen LogP contribution in [0.1, 0.15) is 13.8 Å². The molecule has 1 heterocycles. The van der Waals surface area contributed by atoms with E-state index in [2.05, 4.69) is 25.2 Å². The minimum atomic E-state index is -0.130. The molecule has 0 aliphatic carbocycles. The normalized spacial score (nSPS) is 17.5. The maximum absolute atomic E-state index is 11.7. The lowest BCUT2D eigenvalue weighted by atomic mass is 10.1. The molecule has 84 valence electrons. The van der Waals surface area contributed by atoms with Crippen LogP contribution in [0.3, 0.4) is 0 Å². The maximum Gasteiger partial charge on any atom is 0.241 e. The Bertz CT molecular complexity index is 356. The highest BCUT2D eigenvalue weighted by Gasteiger charge is 2.23. The Labute approximate surface area is 98.3 Å². The molecule has 2 radical (unpaired) electrons. The lowest BCUT2D eigenvalue weighted by Crippen LogP contribution is -2.23. The summed E-state index contributed by atoms with van der Waals surface area (Å²) in [7, 11) is 7.38. The Morgan fingerprint density at radius 1 is 1.44 bits per heavy atom. The lowest BCUT2D eigenvalue weighted by molar-refractivity contribution is -0.121. The molecular weight excluding hydrogens is 199 g/mol. The molecule has 0 unspecified atom stereocenters. The van der Waals surface area contributed by atoms with Gasteiger partial charge >= 0.3 is 0 Å². The van der Waals surface area contributed by atoms with Gasteiger partial charge in [0.05, 0.1) is 0 Å². The molecule has 0 fully saturated rings. The van der Waals surface area contributed by atoms with Gasteiger partial charge in [0.2, 0.25) is 13.9 Å². The van der Waals surface area contributed by atoms with E-state index in [-0.39, 0.29) is 5.91 Å². The van der Waals surface area contributed by atoms with Crippen molar-refractivity contribution in [2.24, 2.45) is 5.92 Å². The highest BCUT2D eigenvalue weighted by Crippen LogP contribution is 2.20. The van der Waals surface area contributed by atoms with Gasteiger partial charge < -0.3 is 10.1 Å². The Hall–Kier alpha value is -1.45. The second-order valence-corrected chi connectivity index (χ2v) is 4.10. The Morgan fingerprint density at radius 3 is 2.69 bits per heavy atom. The molecule has 0 aromatic rings. The van der Waals surface area contributed by atoms with Gasteiger partial charge in [-0.05, 0) is 23.8 Å². The predicted octanol–water partition coefficient (Wildman–Crippen LogP) is 1.15. The summed E-state index contributed by atoms with van der Waals surface area (Å²) in [6.07, 6.45) is 7.53. The van der Waals surface area contributed by atoms with E-state index >= 15 is 0 Å². The van der Waals surface area contributed by atoms with Crippen LogP contribution in [0.25, 0.3) is 0 Å². The van der Waals surface area contributed by atoms with E-state index in [4.69, 9.17) is 7.98 Å². The fourth-order valence-electron chi connectivity index (χ4n) is 1.43. The molecule has 0 saturated heterocycles. The third-order valence-electron chi connectivity index (χ3n) is 2.28. The zero-order valence-electron chi connectivity index (χ0n) is 10.0. The second kappa shape index (κ2) is 5.59. The number of allylic oxidation sites excluding steroid dienone is 1. The van der Waals surface area contributed by atoms with Crippen molar-refractivity contribution in [2.75, 3.05) is 13.6 Å². The van der Waals surface area contributed by atoms with Gasteiger partial charge in [0, 0.05) is 19.2 Å². The van der Waals surface area contributed by atoms with Crippen molar-refractivity contribution < 1.29 is 4.79 Å². The molecule has 1 N–H and O–H groups in total. The summed E-state index contributed by atoms with van der Waals surface area (Å²) in [5.41, 5.74) is 1.63. The summed E-state index contributed by atoms with van der Waals surface area (Å²) in [6, 6.07) is 0.